The fourth-order valence-electron chi connectivity index (χ4n) is 2.00. The van der Waals surface area contributed by atoms with Crippen LogP contribution in [0.3, 0.4) is 0 Å². The Labute approximate surface area is 105 Å². The molecule has 2 N–H and O–H groups in total. The van der Waals surface area contributed by atoms with E-state index in [0.717, 1.165) is 25.9 Å². The Bertz CT molecular complexity index is 227. The summed E-state index contributed by atoms with van der Waals surface area (Å²) in [6, 6.07) is 0. The first-order valence-corrected chi connectivity index (χ1v) is 6.59. The Balaban J connectivity index is 2.27. The van der Waals surface area contributed by atoms with Gasteiger partial charge in [0.05, 0.1) is 30.5 Å². The molecular weight excluding hydrogens is 218 g/mol. The molecule has 17 heavy (non-hydrogen) atoms. The van der Waals surface area contributed by atoms with Crippen LogP contribution in [0.25, 0.3) is 0 Å². The topological polar surface area (TPSA) is 50.7 Å². The fourth-order valence-corrected chi connectivity index (χ4v) is 2.00. The van der Waals surface area contributed by atoms with Gasteiger partial charge in [-0.3, -0.25) is 0 Å². The Morgan fingerprint density at radius 3 is 2.59 bits per heavy atom. The molecule has 0 aliphatic carbocycles. The third kappa shape index (κ3) is 4.92. The number of ether oxygens (including phenoxy) is 2. The van der Waals surface area contributed by atoms with Gasteiger partial charge >= 0.3 is 0 Å². The van der Waals surface area contributed by atoms with Gasteiger partial charge in [0.2, 0.25) is 0 Å². The molecule has 0 spiro atoms. The molecule has 1 rings (SSSR count). The molecule has 1 fully saturated rings. The minimum Gasteiger partial charge on any atom is -0.388 e. The van der Waals surface area contributed by atoms with Crippen LogP contribution in [0.2, 0.25) is 0 Å². The van der Waals surface area contributed by atoms with Gasteiger partial charge in [0.1, 0.15) is 0 Å². The second-order valence-electron chi connectivity index (χ2n) is 5.58. The lowest BCUT2D eigenvalue weighted by Crippen LogP contribution is -2.52. The molecule has 4 heteroatoms. The molecule has 0 aromatic heterocycles. The van der Waals surface area contributed by atoms with E-state index in [2.05, 4.69) is 19.2 Å². The van der Waals surface area contributed by atoms with Gasteiger partial charge in [-0.05, 0) is 26.7 Å². The monoisotopic (exact) mass is 245 g/mol. The molecule has 1 aliphatic rings. The van der Waals surface area contributed by atoms with Crippen molar-refractivity contribution in [3.63, 3.8) is 0 Å². The van der Waals surface area contributed by atoms with Gasteiger partial charge in [-0.1, -0.05) is 13.8 Å². The van der Waals surface area contributed by atoms with Crippen molar-refractivity contribution in [1.82, 2.24) is 5.32 Å². The van der Waals surface area contributed by atoms with Gasteiger partial charge in [-0.15, -0.1) is 0 Å². The summed E-state index contributed by atoms with van der Waals surface area (Å²) >= 11 is 0. The number of morpholine rings is 1. The van der Waals surface area contributed by atoms with Crippen molar-refractivity contribution in [3.8, 4) is 0 Å². The van der Waals surface area contributed by atoms with E-state index in [1.54, 1.807) is 0 Å². The Hall–Kier alpha value is -0.160. The molecule has 0 radical (unpaired) electrons. The Morgan fingerprint density at radius 1 is 1.41 bits per heavy atom. The summed E-state index contributed by atoms with van der Waals surface area (Å²) in [6.07, 6.45) is 1.52. The number of aliphatic hydroxyl groups is 1. The Morgan fingerprint density at radius 2 is 2.06 bits per heavy atom. The summed E-state index contributed by atoms with van der Waals surface area (Å²) in [6.45, 7) is 10.7. The first-order chi connectivity index (χ1) is 7.91. The average Bonchev–Trinajstić information content (AvgIpc) is 2.27. The molecule has 0 bridgehead atoms. The van der Waals surface area contributed by atoms with E-state index in [9.17, 15) is 5.11 Å². The zero-order chi connectivity index (χ0) is 12.9. The van der Waals surface area contributed by atoms with Crippen molar-refractivity contribution >= 4 is 0 Å². The van der Waals surface area contributed by atoms with Crippen molar-refractivity contribution in [2.24, 2.45) is 0 Å². The van der Waals surface area contributed by atoms with Crippen LogP contribution >= 0.6 is 0 Å². The third-order valence-electron chi connectivity index (χ3n) is 3.40. The van der Waals surface area contributed by atoms with E-state index >= 15 is 0 Å². The van der Waals surface area contributed by atoms with Crippen LogP contribution < -0.4 is 5.32 Å². The summed E-state index contributed by atoms with van der Waals surface area (Å²) in [5.41, 5.74) is -0.810. The molecule has 1 aliphatic heterocycles. The highest BCUT2D eigenvalue weighted by molar-refractivity contribution is 4.81. The number of hydrogen-bond donors (Lipinski definition) is 2. The minimum atomic E-state index is -0.683. The lowest BCUT2D eigenvalue weighted by molar-refractivity contribution is -0.135. The van der Waals surface area contributed by atoms with Crippen LogP contribution in [0.15, 0.2) is 0 Å². The summed E-state index contributed by atoms with van der Waals surface area (Å²) in [7, 11) is 0. The van der Waals surface area contributed by atoms with Crippen LogP contribution in [-0.2, 0) is 9.47 Å². The van der Waals surface area contributed by atoms with Gasteiger partial charge in [-0.25, -0.2) is 0 Å². The summed E-state index contributed by atoms with van der Waals surface area (Å²) < 4.78 is 11.5. The van der Waals surface area contributed by atoms with Crippen LogP contribution in [0, 0.1) is 0 Å². The van der Waals surface area contributed by atoms with Gasteiger partial charge in [0, 0.05) is 13.1 Å². The highest BCUT2D eigenvalue weighted by atomic mass is 16.6. The molecule has 0 aromatic rings. The van der Waals surface area contributed by atoms with E-state index in [0.29, 0.717) is 13.2 Å². The second kappa shape index (κ2) is 6.14. The van der Waals surface area contributed by atoms with Crippen molar-refractivity contribution in [3.05, 3.63) is 0 Å². The highest BCUT2D eigenvalue weighted by Gasteiger charge is 2.29. The van der Waals surface area contributed by atoms with Gasteiger partial charge in [-0.2, -0.15) is 0 Å². The molecule has 1 heterocycles. The van der Waals surface area contributed by atoms with E-state index in [1.807, 2.05) is 13.8 Å². The zero-order valence-electron chi connectivity index (χ0n) is 11.6. The van der Waals surface area contributed by atoms with Crippen LogP contribution in [-0.4, -0.2) is 48.7 Å². The third-order valence-corrected chi connectivity index (χ3v) is 3.40. The van der Waals surface area contributed by atoms with E-state index in [1.165, 1.54) is 0 Å². The van der Waals surface area contributed by atoms with Crippen LogP contribution in [0.4, 0.5) is 0 Å². The van der Waals surface area contributed by atoms with Crippen LogP contribution in [0.5, 0.6) is 0 Å². The van der Waals surface area contributed by atoms with Gasteiger partial charge in [0.15, 0.2) is 0 Å². The summed E-state index contributed by atoms with van der Waals surface area (Å²) in [5.74, 6) is 0. The van der Waals surface area contributed by atoms with Crippen LogP contribution in [0.1, 0.15) is 40.5 Å². The first kappa shape index (κ1) is 14.9. The minimum absolute atomic E-state index is 0.0803. The maximum absolute atomic E-state index is 10.1. The van der Waals surface area contributed by atoms with Gasteiger partial charge < -0.3 is 19.9 Å². The van der Waals surface area contributed by atoms with Crippen molar-refractivity contribution in [2.75, 3.05) is 26.3 Å². The quantitative estimate of drug-likeness (QED) is 0.741. The molecule has 4 nitrogen and oxygen atoms in total. The summed E-state index contributed by atoms with van der Waals surface area (Å²) in [4.78, 5) is 0. The lowest BCUT2D eigenvalue weighted by atomic mass is 9.99. The fraction of sp³-hybridized carbons (Fsp3) is 1.00. The Kier molecular flexibility index (Phi) is 5.38. The number of rotatable bonds is 6. The smallest absolute Gasteiger partial charge is 0.0940 e. The number of nitrogens with one attached hydrogen (secondary N) is 1. The number of hydrogen-bond acceptors (Lipinski definition) is 4. The maximum atomic E-state index is 10.1. The van der Waals surface area contributed by atoms with Gasteiger partial charge in [0.25, 0.3) is 0 Å². The van der Waals surface area contributed by atoms with E-state index < -0.39 is 5.60 Å². The summed E-state index contributed by atoms with van der Waals surface area (Å²) in [5, 5.41) is 13.4. The predicted molar refractivity (Wildman–Crippen MR) is 68.2 cm³/mol. The van der Waals surface area contributed by atoms with E-state index in [4.69, 9.17) is 9.47 Å². The molecule has 0 saturated carbocycles. The van der Waals surface area contributed by atoms with Crippen molar-refractivity contribution in [2.45, 2.75) is 57.8 Å². The van der Waals surface area contributed by atoms with Crippen molar-refractivity contribution in [1.29, 1.82) is 0 Å². The zero-order valence-corrected chi connectivity index (χ0v) is 11.6. The second-order valence-corrected chi connectivity index (χ2v) is 5.58. The standard InChI is InChI=1S/C13H27NO3/c1-5-13(15,6-2)10-16-8-11-7-14-9-12(3,4)17-11/h11,14-15H,5-10H2,1-4H3. The predicted octanol–water partition coefficient (Wildman–Crippen LogP) is 1.32. The molecule has 1 atom stereocenters. The van der Waals surface area contributed by atoms with E-state index in [-0.39, 0.29) is 11.7 Å². The molecule has 102 valence electrons. The first-order valence-electron chi connectivity index (χ1n) is 6.59. The normalized spacial score (nSPS) is 24.9. The lowest BCUT2D eigenvalue weighted by Gasteiger charge is -2.37. The highest BCUT2D eigenvalue weighted by Crippen LogP contribution is 2.18. The molecule has 1 unspecified atom stereocenters. The molecule has 0 amide bonds. The molecule has 1 saturated heterocycles. The molecular formula is C13H27NO3. The molecule has 0 aromatic carbocycles. The van der Waals surface area contributed by atoms with Crippen molar-refractivity contribution < 1.29 is 14.6 Å². The SMILES string of the molecule is CCC(O)(CC)COCC1CNCC(C)(C)O1. The largest absolute Gasteiger partial charge is 0.388 e. The average molecular weight is 245 g/mol. The maximum Gasteiger partial charge on any atom is 0.0940 e.